The lowest BCUT2D eigenvalue weighted by Gasteiger charge is -2.30. The molecule has 0 saturated heterocycles. The molecule has 45 heavy (non-hydrogen) atoms. The van der Waals surface area contributed by atoms with Gasteiger partial charge in [0, 0.05) is 44.0 Å². The number of carboxylic acid groups (broad SMARTS) is 1. The highest BCUT2D eigenvalue weighted by Gasteiger charge is 2.29. The average Bonchev–Trinajstić information content (AvgIpc) is 3.57. The zero-order valence-corrected chi connectivity index (χ0v) is 25.3. The van der Waals surface area contributed by atoms with Crippen molar-refractivity contribution in [1.82, 2.24) is 34.8 Å². The molecule has 0 unspecified atom stereocenters. The maximum atomic E-state index is 14.6. The third-order valence-electron chi connectivity index (χ3n) is 7.53. The Kier molecular flexibility index (Phi) is 10.7. The number of pyridine rings is 2. The molecule has 0 bridgehead atoms. The van der Waals surface area contributed by atoms with E-state index >= 15 is 0 Å². The van der Waals surface area contributed by atoms with Crippen LogP contribution in [0, 0.1) is 0 Å². The molecule has 230 valence electrons. The first-order valence-corrected chi connectivity index (χ1v) is 15.1. The van der Waals surface area contributed by atoms with E-state index in [0.29, 0.717) is 38.3 Å². The van der Waals surface area contributed by atoms with Crippen LogP contribution >= 0.6 is 0 Å². The van der Waals surface area contributed by atoms with Gasteiger partial charge in [0.25, 0.3) is 0 Å². The molecule has 3 aromatic heterocycles. The predicted octanol–water partition coefficient (Wildman–Crippen LogP) is 5.16. The van der Waals surface area contributed by atoms with Crippen molar-refractivity contribution in [3.8, 4) is 11.3 Å². The lowest BCUT2D eigenvalue weighted by molar-refractivity contribution is -0.136. The molecule has 2 aromatic carbocycles. The number of hydrogen-bond donors (Lipinski definition) is 1. The first kappa shape index (κ1) is 31.2. The smallest absolute Gasteiger partial charge is 0.337 e. The summed E-state index contributed by atoms with van der Waals surface area (Å²) < 4.78 is 1.68. The Morgan fingerprint density at radius 2 is 1.56 bits per heavy atom. The first-order valence-electron chi connectivity index (χ1n) is 15.1. The van der Waals surface area contributed by atoms with E-state index in [4.69, 9.17) is 0 Å². The molecular formula is C35H37N7O3. The second kappa shape index (κ2) is 15.5. The lowest BCUT2D eigenvalue weighted by Crippen LogP contribution is -2.42. The number of aromatic nitrogens is 5. The third kappa shape index (κ3) is 8.67. The van der Waals surface area contributed by atoms with Gasteiger partial charge in [0.05, 0.1) is 29.7 Å². The van der Waals surface area contributed by atoms with E-state index in [1.807, 2.05) is 90.0 Å². The van der Waals surface area contributed by atoms with Gasteiger partial charge in [-0.15, -0.1) is 5.10 Å². The Hall–Kier alpha value is -5.22. The van der Waals surface area contributed by atoms with Crippen LogP contribution in [0.2, 0.25) is 0 Å². The number of aromatic carboxylic acids is 1. The van der Waals surface area contributed by atoms with E-state index in [0.717, 1.165) is 35.5 Å². The number of benzene rings is 2. The normalized spacial score (nSPS) is 11.8. The largest absolute Gasteiger partial charge is 0.478 e. The Morgan fingerprint density at radius 3 is 2.22 bits per heavy atom. The van der Waals surface area contributed by atoms with Crippen molar-refractivity contribution in [2.75, 3.05) is 19.6 Å². The molecule has 10 nitrogen and oxygen atoms in total. The van der Waals surface area contributed by atoms with Crippen LogP contribution < -0.4 is 0 Å². The second-order valence-electron chi connectivity index (χ2n) is 10.9. The number of nitrogens with zero attached hydrogens (tertiary/aromatic N) is 7. The van der Waals surface area contributed by atoms with Crippen LogP contribution in [0.15, 0.2) is 110 Å². The number of carboxylic acids is 1. The van der Waals surface area contributed by atoms with Gasteiger partial charge < -0.3 is 10.0 Å². The van der Waals surface area contributed by atoms with E-state index in [1.54, 1.807) is 23.0 Å². The number of carbonyl (C=O) groups excluding carboxylic acids is 1. The highest BCUT2D eigenvalue weighted by atomic mass is 16.4. The zero-order valence-electron chi connectivity index (χ0n) is 25.3. The molecule has 1 atom stereocenters. The highest BCUT2D eigenvalue weighted by Crippen LogP contribution is 2.22. The predicted molar refractivity (Wildman–Crippen MR) is 171 cm³/mol. The van der Waals surface area contributed by atoms with Crippen LogP contribution in [0.5, 0.6) is 0 Å². The van der Waals surface area contributed by atoms with Crippen LogP contribution in [-0.2, 0) is 24.3 Å². The van der Waals surface area contributed by atoms with Crippen molar-refractivity contribution in [3.05, 3.63) is 132 Å². The van der Waals surface area contributed by atoms with Crippen molar-refractivity contribution < 1.29 is 14.7 Å². The minimum atomic E-state index is -1.00. The van der Waals surface area contributed by atoms with Gasteiger partial charge >= 0.3 is 5.97 Å². The number of amides is 1. The van der Waals surface area contributed by atoms with Gasteiger partial charge in [0.1, 0.15) is 11.7 Å². The fraction of sp³-hybridized carbons (Fsp3) is 0.257. The van der Waals surface area contributed by atoms with Crippen molar-refractivity contribution in [1.29, 1.82) is 0 Å². The fourth-order valence-corrected chi connectivity index (χ4v) is 5.19. The minimum Gasteiger partial charge on any atom is -0.478 e. The molecule has 0 fully saturated rings. The van der Waals surface area contributed by atoms with Gasteiger partial charge in [-0.1, -0.05) is 78.9 Å². The van der Waals surface area contributed by atoms with E-state index in [9.17, 15) is 14.7 Å². The van der Waals surface area contributed by atoms with Crippen LogP contribution in [0.4, 0.5) is 0 Å². The van der Waals surface area contributed by atoms with Gasteiger partial charge in [0.15, 0.2) is 0 Å². The summed E-state index contributed by atoms with van der Waals surface area (Å²) in [6.45, 7) is 4.83. The highest BCUT2D eigenvalue weighted by molar-refractivity contribution is 5.87. The maximum absolute atomic E-state index is 14.6. The van der Waals surface area contributed by atoms with E-state index in [2.05, 4.69) is 32.1 Å². The molecule has 10 heteroatoms. The summed E-state index contributed by atoms with van der Waals surface area (Å²) in [7, 11) is 0. The van der Waals surface area contributed by atoms with Crippen LogP contribution in [-0.4, -0.2) is 71.4 Å². The second-order valence-corrected chi connectivity index (χ2v) is 10.9. The van der Waals surface area contributed by atoms with Crippen LogP contribution in [0.3, 0.4) is 0 Å². The number of carbonyl (C=O) groups is 2. The van der Waals surface area contributed by atoms with Crippen LogP contribution in [0.1, 0.15) is 46.7 Å². The summed E-state index contributed by atoms with van der Waals surface area (Å²) in [6.07, 6.45) is 6.33. The number of hydrogen-bond acceptors (Lipinski definition) is 7. The molecule has 0 radical (unpaired) electrons. The fourth-order valence-electron chi connectivity index (χ4n) is 5.19. The Balaban J connectivity index is 1.41. The molecular weight excluding hydrogens is 566 g/mol. The summed E-state index contributed by atoms with van der Waals surface area (Å²) in [5.74, 6) is -1.08. The number of rotatable bonds is 15. The van der Waals surface area contributed by atoms with Crippen molar-refractivity contribution in [3.63, 3.8) is 0 Å². The topological polar surface area (TPSA) is 117 Å². The molecule has 1 amide bonds. The molecule has 5 rings (SSSR count). The summed E-state index contributed by atoms with van der Waals surface area (Å²) in [4.78, 5) is 38.8. The van der Waals surface area contributed by atoms with Gasteiger partial charge in [0.2, 0.25) is 5.91 Å². The molecule has 3 heterocycles. The quantitative estimate of drug-likeness (QED) is 0.174. The summed E-state index contributed by atoms with van der Waals surface area (Å²) in [6, 6.07) is 28.1. The van der Waals surface area contributed by atoms with Crippen molar-refractivity contribution in [2.45, 2.75) is 38.9 Å². The minimum absolute atomic E-state index is 0.0746. The van der Waals surface area contributed by atoms with E-state index in [-0.39, 0.29) is 11.5 Å². The standard InChI is InChI=1S/C35H37N7O3/c1-2-19-40(24-31-17-16-29(23-37-31)35(44)45)20-21-41(25-30-15-9-10-18-36-30)34(43)33(22-27-11-5-3-6-12-27)42-26-32(38-39-42)28-13-7-4-8-14-28/h3-18,23,26,33H,2,19-22,24-25H2,1H3,(H,44,45)/t33-/m0/s1. The van der Waals surface area contributed by atoms with E-state index in [1.165, 1.54) is 6.20 Å². The molecule has 0 spiro atoms. The first-order chi connectivity index (χ1) is 22.0. The Morgan fingerprint density at radius 1 is 0.822 bits per heavy atom. The van der Waals surface area contributed by atoms with Crippen molar-refractivity contribution in [2.24, 2.45) is 0 Å². The zero-order chi connectivity index (χ0) is 31.4. The molecule has 0 saturated carbocycles. The molecule has 0 aliphatic carbocycles. The van der Waals surface area contributed by atoms with Gasteiger partial charge in [-0.2, -0.15) is 0 Å². The third-order valence-corrected chi connectivity index (χ3v) is 7.53. The molecule has 1 N–H and O–H groups in total. The molecule has 0 aliphatic rings. The lowest BCUT2D eigenvalue weighted by atomic mass is 10.0. The molecule has 5 aromatic rings. The SMILES string of the molecule is CCCN(CCN(Cc1ccccn1)C(=O)[C@H](Cc1ccccc1)n1cc(-c2ccccc2)nn1)Cc1ccc(C(=O)O)cn1. The maximum Gasteiger partial charge on any atom is 0.337 e. The summed E-state index contributed by atoms with van der Waals surface area (Å²) >= 11 is 0. The Bertz CT molecular complexity index is 1650. The average molecular weight is 604 g/mol. The van der Waals surface area contributed by atoms with Gasteiger partial charge in [-0.25, -0.2) is 9.48 Å². The molecule has 0 aliphatic heterocycles. The Labute approximate surface area is 263 Å². The van der Waals surface area contributed by atoms with Crippen molar-refractivity contribution >= 4 is 11.9 Å². The summed E-state index contributed by atoms with van der Waals surface area (Å²) in [5.41, 5.74) is 4.37. The monoisotopic (exact) mass is 603 g/mol. The van der Waals surface area contributed by atoms with Crippen LogP contribution in [0.25, 0.3) is 11.3 Å². The summed E-state index contributed by atoms with van der Waals surface area (Å²) in [5, 5.41) is 18.1. The van der Waals surface area contributed by atoms with Gasteiger partial charge in [-0.05, 0) is 42.8 Å². The van der Waals surface area contributed by atoms with E-state index < -0.39 is 12.0 Å². The van der Waals surface area contributed by atoms with Gasteiger partial charge in [-0.3, -0.25) is 19.7 Å².